The molecule has 1 atom stereocenters. The third kappa shape index (κ3) is 6.08. The lowest BCUT2D eigenvalue weighted by Gasteiger charge is -2.33. The highest BCUT2D eigenvalue weighted by Gasteiger charge is 2.24. The zero-order valence-corrected chi connectivity index (χ0v) is 17.1. The van der Waals surface area contributed by atoms with Crippen LogP contribution >= 0.6 is 12.2 Å². The number of thiocarbonyl (C=S) groups is 1. The lowest BCUT2D eigenvalue weighted by Crippen LogP contribution is -2.41. The van der Waals surface area contributed by atoms with E-state index in [0.717, 1.165) is 37.5 Å². The van der Waals surface area contributed by atoms with E-state index in [9.17, 15) is 0 Å². The third-order valence-corrected chi connectivity index (χ3v) is 5.44. The Bertz CT molecular complexity index is 678. The Labute approximate surface area is 168 Å². The average molecular weight is 386 g/mol. The second kappa shape index (κ2) is 10.5. The number of nitrogens with zero attached hydrogens (tertiary/aromatic N) is 1. The van der Waals surface area contributed by atoms with Crippen LogP contribution in [0.15, 0.2) is 47.1 Å². The predicted molar refractivity (Wildman–Crippen MR) is 116 cm³/mol. The van der Waals surface area contributed by atoms with Crippen LogP contribution in [-0.2, 0) is 6.42 Å². The van der Waals surface area contributed by atoms with E-state index in [1.807, 2.05) is 6.07 Å². The summed E-state index contributed by atoms with van der Waals surface area (Å²) in [5.41, 5.74) is 2.41. The van der Waals surface area contributed by atoms with Crippen molar-refractivity contribution in [3.63, 3.8) is 0 Å². The minimum absolute atomic E-state index is 0.219. The van der Waals surface area contributed by atoms with Crippen molar-refractivity contribution in [1.29, 1.82) is 0 Å². The number of unbranched alkanes of at least 4 members (excludes halogenated alkanes) is 1. The van der Waals surface area contributed by atoms with Gasteiger partial charge >= 0.3 is 0 Å². The summed E-state index contributed by atoms with van der Waals surface area (Å²) in [6.07, 6.45) is 9.18. The van der Waals surface area contributed by atoms with Crippen LogP contribution in [0.3, 0.4) is 0 Å². The molecule has 0 radical (unpaired) electrons. The maximum Gasteiger partial charge on any atom is 0.170 e. The molecule has 2 aromatic rings. The molecule has 1 fully saturated rings. The quantitative estimate of drug-likeness (QED) is 0.616. The van der Waals surface area contributed by atoms with Gasteiger partial charge in [0, 0.05) is 12.2 Å². The lowest BCUT2D eigenvalue weighted by atomic mass is 10.1. The minimum Gasteiger partial charge on any atom is -0.468 e. The normalized spacial score (nSPS) is 16.0. The molecule has 0 bridgehead atoms. The van der Waals surface area contributed by atoms with E-state index >= 15 is 0 Å². The van der Waals surface area contributed by atoms with Crippen molar-refractivity contribution in [3.8, 4) is 0 Å². The fourth-order valence-corrected chi connectivity index (χ4v) is 3.82. The molecular formula is C22H31N3OS. The molecule has 2 N–H and O–H groups in total. The zero-order valence-electron chi connectivity index (χ0n) is 16.2. The molecular weight excluding hydrogens is 354 g/mol. The Kier molecular flexibility index (Phi) is 7.72. The fourth-order valence-electron chi connectivity index (χ4n) is 3.62. The van der Waals surface area contributed by atoms with Crippen molar-refractivity contribution in [1.82, 2.24) is 10.2 Å². The zero-order chi connectivity index (χ0) is 18.9. The summed E-state index contributed by atoms with van der Waals surface area (Å²) in [4.78, 5) is 2.50. The van der Waals surface area contributed by atoms with Crippen LogP contribution < -0.4 is 10.6 Å². The first-order valence-corrected chi connectivity index (χ1v) is 10.6. The van der Waals surface area contributed by atoms with Gasteiger partial charge in [0.15, 0.2) is 5.11 Å². The van der Waals surface area contributed by atoms with Gasteiger partial charge in [-0.1, -0.05) is 31.9 Å². The summed E-state index contributed by atoms with van der Waals surface area (Å²) in [7, 11) is 0. The standard InChI is InChI=1S/C22H31N3OS/c1-2-3-8-18-10-12-19(13-11-18)24-22(27)23-17-20(21-9-7-16-26-21)25-14-5-4-6-15-25/h7,9-13,16,20H,2-6,8,14-15,17H2,1H3,(H2,23,24,27). The molecule has 0 amide bonds. The number of furan rings is 1. The molecule has 1 aromatic heterocycles. The molecule has 0 saturated carbocycles. The van der Waals surface area contributed by atoms with Crippen molar-refractivity contribution in [2.45, 2.75) is 51.5 Å². The van der Waals surface area contributed by atoms with Crippen LogP contribution in [0.25, 0.3) is 0 Å². The van der Waals surface area contributed by atoms with Gasteiger partial charge in [-0.15, -0.1) is 0 Å². The van der Waals surface area contributed by atoms with E-state index in [4.69, 9.17) is 16.6 Å². The van der Waals surface area contributed by atoms with Crippen LogP contribution in [0.4, 0.5) is 5.69 Å². The number of aryl methyl sites for hydroxylation is 1. The maximum atomic E-state index is 5.70. The van der Waals surface area contributed by atoms with Gasteiger partial charge in [0.25, 0.3) is 0 Å². The van der Waals surface area contributed by atoms with E-state index in [2.05, 4.69) is 52.8 Å². The molecule has 5 heteroatoms. The van der Waals surface area contributed by atoms with Crippen molar-refractivity contribution in [2.75, 3.05) is 25.0 Å². The van der Waals surface area contributed by atoms with Crippen molar-refractivity contribution >= 4 is 23.0 Å². The van der Waals surface area contributed by atoms with E-state index < -0.39 is 0 Å². The highest BCUT2D eigenvalue weighted by Crippen LogP contribution is 2.24. The molecule has 1 unspecified atom stereocenters. The predicted octanol–water partition coefficient (Wildman–Crippen LogP) is 5.14. The molecule has 1 aliphatic heterocycles. The van der Waals surface area contributed by atoms with Crippen LogP contribution in [0.5, 0.6) is 0 Å². The number of hydrogen-bond acceptors (Lipinski definition) is 3. The Morgan fingerprint density at radius 2 is 1.93 bits per heavy atom. The van der Waals surface area contributed by atoms with E-state index in [1.54, 1.807) is 6.26 Å². The van der Waals surface area contributed by atoms with Gasteiger partial charge in [0.2, 0.25) is 0 Å². The van der Waals surface area contributed by atoms with Crippen molar-refractivity contribution < 1.29 is 4.42 Å². The van der Waals surface area contributed by atoms with Gasteiger partial charge in [-0.3, -0.25) is 4.90 Å². The van der Waals surface area contributed by atoms with Crippen LogP contribution in [0.2, 0.25) is 0 Å². The van der Waals surface area contributed by atoms with Crippen LogP contribution in [0.1, 0.15) is 56.4 Å². The van der Waals surface area contributed by atoms with Crippen LogP contribution in [0, 0.1) is 0 Å². The molecule has 1 aromatic carbocycles. The SMILES string of the molecule is CCCCc1ccc(NC(=S)NCC(c2ccco2)N2CCCCC2)cc1. The van der Waals surface area contributed by atoms with Gasteiger partial charge in [0.1, 0.15) is 5.76 Å². The highest BCUT2D eigenvalue weighted by molar-refractivity contribution is 7.80. The number of piperidine rings is 1. The second-order valence-corrected chi connectivity index (χ2v) is 7.67. The van der Waals surface area contributed by atoms with Crippen LogP contribution in [-0.4, -0.2) is 29.6 Å². The van der Waals surface area contributed by atoms with Crippen molar-refractivity contribution in [3.05, 3.63) is 54.0 Å². The lowest BCUT2D eigenvalue weighted by molar-refractivity contribution is 0.146. The Morgan fingerprint density at radius 3 is 2.59 bits per heavy atom. The first kappa shape index (κ1) is 19.9. The number of hydrogen-bond donors (Lipinski definition) is 2. The summed E-state index contributed by atoms with van der Waals surface area (Å²) in [6, 6.07) is 12.8. The molecule has 0 aliphatic carbocycles. The highest BCUT2D eigenvalue weighted by atomic mass is 32.1. The summed E-state index contributed by atoms with van der Waals surface area (Å²) in [6.45, 7) is 5.20. The van der Waals surface area contributed by atoms with Crippen molar-refractivity contribution in [2.24, 2.45) is 0 Å². The van der Waals surface area contributed by atoms with Gasteiger partial charge in [-0.2, -0.15) is 0 Å². The molecule has 146 valence electrons. The first-order valence-electron chi connectivity index (χ1n) is 10.2. The molecule has 0 spiro atoms. The number of rotatable bonds is 8. The second-order valence-electron chi connectivity index (χ2n) is 7.26. The molecule has 1 aliphatic rings. The number of likely N-dealkylation sites (tertiary alicyclic amines) is 1. The number of anilines is 1. The monoisotopic (exact) mass is 385 g/mol. The molecule has 3 rings (SSSR count). The van der Waals surface area contributed by atoms with Gasteiger partial charge < -0.3 is 15.1 Å². The molecule has 1 saturated heterocycles. The Hall–Kier alpha value is -1.85. The summed E-state index contributed by atoms with van der Waals surface area (Å²) >= 11 is 5.52. The number of nitrogens with one attached hydrogen (secondary N) is 2. The maximum absolute atomic E-state index is 5.70. The summed E-state index contributed by atoms with van der Waals surface area (Å²) < 4.78 is 5.70. The molecule has 2 heterocycles. The first-order chi connectivity index (χ1) is 13.3. The largest absolute Gasteiger partial charge is 0.468 e. The summed E-state index contributed by atoms with van der Waals surface area (Å²) in [5, 5.41) is 7.34. The minimum atomic E-state index is 0.219. The molecule has 4 nitrogen and oxygen atoms in total. The average Bonchev–Trinajstić information content (AvgIpc) is 3.23. The van der Waals surface area contributed by atoms with E-state index in [1.165, 1.54) is 37.7 Å². The van der Waals surface area contributed by atoms with E-state index in [-0.39, 0.29) is 6.04 Å². The topological polar surface area (TPSA) is 40.4 Å². The Balaban J connectivity index is 1.53. The smallest absolute Gasteiger partial charge is 0.170 e. The fraction of sp³-hybridized carbons (Fsp3) is 0.500. The summed E-state index contributed by atoms with van der Waals surface area (Å²) in [5.74, 6) is 1.01. The number of benzene rings is 1. The van der Waals surface area contributed by atoms with Gasteiger partial charge in [0.05, 0.1) is 12.3 Å². The third-order valence-electron chi connectivity index (χ3n) is 5.19. The van der Waals surface area contributed by atoms with E-state index in [0.29, 0.717) is 5.11 Å². The van der Waals surface area contributed by atoms with Gasteiger partial charge in [-0.05, 0) is 80.8 Å². The Morgan fingerprint density at radius 1 is 1.15 bits per heavy atom. The van der Waals surface area contributed by atoms with Gasteiger partial charge in [-0.25, -0.2) is 0 Å². The molecule has 27 heavy (non-hydrogen) atoms.